The van der Waals surface area contributed by atoms with Gasteiger partial charge in [0.1, 0.15) is 11.4 Å². The molecule has 0 unspecified atom stereocenters. The lowest BCUT2D eigenvalue weighted by atomic mass is 10.1. The molecule has 4 aromatic rings. The number of anilines is 1. The van der Waals surface area contributed by atoms with Crippen molar-refractivity contribution in [2.24, 2.45) is 0 Å². The van der Waals surface area contributed by atoms with E-state index in [1.165, 1.54) is 0 Å². The monoisotopic (exact) mass is 565 g/mol. The van der Waals surface area contributed by atoms with Gasteiger partial charge in [0.25, 0.3) is 11.5 Å². The van der Waals surface area contributed by atoms with Crippen LogP contribution in [0.4, 0.5) is 10.5 Å². The first-order valence-electron chi connectivity index (χ1n) is 13.6. The molecule has 3 aromatic carbocycles. The number of amides is 2. The molecule has 4 rings (SSSR count). The van der Waals surface area contributed by atoms with Crippen LogP contribution in [0.2, 0.25) is 0 Å². The maximum atomic E-state index is 13.0. The van der Waals surface area contributed by atoms with Gasteiger partial charge in [-0.05, 0) is 75.2 Å². The highest BCUT2D eigenvalue weighted by atomic mass is 16.6. The average Bonchev–Trinajstić information content (AvgIpc) is 2.94. The summed E-state index contributed by atoms with van der Waals surface area (Å²) < 4.78 is 5.41. The van der Waals surface area contributed by atoms with Gasteiger partial charge in [-0.15, -0.1) is 6.42 Å². The van der Waals surface area contributed by atoms with Gasteiger partial charge in [-0.3, -0.25) is 9.59 Å². The van der Waals surface area contributed by atoms with Gasteiger partial charge in [-0.2, -0.15) is 0 Å². The van der Waals surface area contributed by atoms with Crippen LogP contribution in [-0.2, 0) is 11.3 Å². The van der Waals surface area contributed by atoms with Crippen molar-refractivity contribution in [2.75, 3.05) is 18.0 Å². The summed E-state index contributed by atoms with van der Waals surface area (Å²) in [6.45, 7) is 8.10. The van der Waals surface area contributed by atoms with Gasteiger partial charge < -0.3 is 25.3 Å². The molecule has 9 nitrogen and oxygen atoms in total. The number of carbonyl (C=O) groups excluding carboxylic acids is 2. The number of terminal acetylenes is 1. The van der Waals surface area contributed by atoms with E-state index >= 15 is 0 Å². The van der Waals surface area contributed by atoms with E-state index < -0.39 is 17.7 Å². The Bertz CT molecular complexity index is 1650. The number of nitrogens with one attached hydrogen (secondary N) is 3. The highest BCUT2D eigenvalue weighted by molar-refractivity contribution is 5.94. The number of H-pyrrole nitrogens is 1. The number of aromatic nitrogens is 2. The lowest BCUT2D eigenvalue weighted by Gasteiger charge is -2.24. The maximum Gasteiger partial charge on any atom is 0.408 e. The molecule has 1 atom stereocenters. The fraction of sp³-hybridized carbons (Fsp3) is 0.273. The van der Waals surface area contributed by atoms with Gasteiger partial charge in [0.05, 0.1) is 23.5 Å². The lowest BCUT2D eigenvalue weighted by molar-refractivity contribution is 0.0501. The summed E-state index contributed by atoms with van der Waals surface area (Å²) in [5.74, 6) is 2.96. The van der Waals surface area contributed by atoms with Crippen molar-refractivity contribution in [3.63, 3.8) is 0 Å². The maximum absolute atomic E-state index is 13.0. The molecule has 0 aliphatic carbocycles. The number of nitrogens with zero attached hydrogens (tertiary/aromatic N) is 2. The number of ether oxygens (including phenoxy) is 1. The first kappa shape index (κ1) is 29.9. The Labute approximate surface area is 245 Å². The zero-order chi connectivity index (χ0) is 30.3. The van der Waals surface area contributed by atoms with Gasteiger partial charge in [-0.25, -0.2) is 9.78 Å². The minimum Gasteiger partial charge on any atom is -0.444 e. The molecule has 0 saturated heterocycles. The van der Waals surface area contributed by atoms with E-state index in [1.54, 1.807) is 39.8 Å². The van der Waals surface area contributed by atoms with E-state index in [0.29, 0.717) is 35.4 Å². The summed E-state index contributed by atoms with van der Waals surface area (Å²) >= 11 is 0. The number of rotatable bonds is 9. The summed E-state index contributed by atoms with van der Waals surface area (Å²) in [5.41, 5.74) is 2.83. The van der Waals surface area contributed by atoms with Crippen molar-refractivity contribution in [1.29, 1.82) is 0 Å². The summed E-state index contributed by atoms with van der Waals surface area (Å²) in [5, 5.41) is 6.27. The molecule has 0 saturated carbocycles. The Balaban J connectivity index is 1.44. The third-order valence-corrected chi connectivity index (χ3v) is 6.40. The zero-order valence-electron chi connectivity index (χ0n) is 24.2. The third-order valence-electron chi connectivity index (χ3n) is 6.40. The Morgan fingerprint density at radius 2 is 1.79 bits per heavy atom. The van der Waals surface area contributed by atoms with E-state index in [4.69, 9.17) is 11.2 Å². The molecule has 42 heavy (non-hydrogen) atoms. The van der Waals surface area contributed by atoms with E-state index in [-0.39, 0.29) is 18.0 Å². The second kappa shape index (κ2) is 13.0. The van der Waals surface area contributed by atoms with Crippen molar-refractivity contribution < 1.29 is 14.3 Å². The van der Waals surface area contributed by atoms with Gasteiger partial charge in [0.2, 0.25) is 0 Å². The van der Waals surface area contributed by atoms with E-state index in [2.05, 4.69) is 26.5 Å². The SMILES string of the molecule is C#CCN(Cc1ccc2nc(C)[nH]c(=O)c2c1)c1ccc(C(=O)NC[C@@H](NC(=O)OC(C)(C)C)c2ccccc2)cc1. The van der Waals surface area contributed by atoms with Crippen LogP contribution in [0.5, 0.6) is 0 Å². The first-order chi connectivity index (χ1) is 20.0. The van der Waals surface area contributed by atoms with Crippen LogP contribution in [0.3, 0.4) is 0 Å². The fourth-order valence-corrected chi connectivity index (χ4v) is 4.48. The third kappa shape index (κ3) is 7.98. The standard InChI is InChI=1S/C33H35N5O4/c1-6-18-38(21-23-12-17-28-27(19-23)31(40)36-22(2)35-28)26-15-13-25(14-16-26)30(39)34-20-29(24-10-8-7-9-11-24)37-32(41)42-33(3,4)5/h1,7-17,19,29H,18,20-21H2,2-5H3,(H,34,39)(H,37,41)(H,35,36,40)/t29-/m1/s1. The van der Waals surface area contributed by atoms with Crippen LogP contribution in [0.25, 0.3) is 10.9 Å². The molecule has 1 heterocycles. The largest absolute Gasteiger partial charge is 0.444 e. The predicted molar refractivity (Wildman–Crippen MR) is 164 cm³/mol. The van der Waals surface area contributed by atoms with Crippen LogP contribution in [0.15, 0.2) is 77.6 Å². The summed E-state index contributed by atoms with van der Waals surface area (Å²) in [6, 6.07) is 21.6. The van der Waals surface area contributed by atoms with E-state index in [0.717, 1.165) is 16.8 Å². The minimum absolute atomic E-state index is 0.169. The summed E-state index contributed by atoms with van der Waals surface area (Å²) in [4.78, 5) is 47.0. The highest BCUT2D eigenvalue weighted by Crippen LogP contribution is 2.20. The molecule has 216 valence electrons. The Kier molecular flexibility index (Phi) is 9.28. The fourth-order valence-electron chi connectivity index (χ4n) is 4.48. The molecule has 9 heteroatoms. The minimum atomic E-state index is -0.647. The number of aromatic amines is 1. The number of alkyl carbamates (subject to hydrolysis) is 1. The second-order valence-corrected chi connectivity index (χ2v) is 10.9. The van der Waals surface area contributed by atoms with E-state index in [1.807, 2.05) is 65.6 Å². The molecule has 2 amide bonds. The highest BCUT2D eigenvalue weighted by Gasteiger charge is 2.21. The number of benzene rings is 3. The lowest BCUT2D eigenvalue weighted by Crippen LogP contribution is -2.40. The van der Waals surface area contributed by atoms with Crippen molar-refractivity contribution >= 4 is 28.6 Å². The molecule has 0 spiro atoms. The van der Waals surface area contributed by atoms with Crippen LogP contribution in [0, 0.1) is 19.3 Å². The molecule has 3 N–H and O–H groups in total. The molecule has 0 aliphatic rings. The Hall–Kier alpha value is -5.10. The van der Waals surface area contributed by atoms with Crippen molar-refractivity contribution in [3.8, 4) is 12.3 Å². The smallest absolute Gasteiger partial charge is 0.408 e. The molecule has 0 radical (unpaired) electrons. The number of aryl methyl sites for hydroxylation is 1. The molecule has 0 bridgehead atoms. The van der Waals surface area contributed by atoms with Crippen LogP contribution in [-0.4, -0.2) is 40.7 Å². The van der Waals surface area contributed by atoms with Gasteiger partial charge in [0.15, 0.2) is 0 Å². The molecular weight excluding hydrogens is 530 g/mol. The molecule has 0 aliphatic heterocycles. The predicted octanol–water partition coefficient (Wildman–Crippen LogP) is 4.87. The number of fused-ring (bicyclic) bond motifs is 1. The van der Waals surface area contributed by atoms with Crippen LogP contribution < -0.4 is 21.1 Å². The van der Waals surface area contributed by atoms with Crippen molar-refractivity contribution in [1.82, 2.24) is 20.6 Å². The normalized spacial score (nSPS) is 11.8. The van der Waals surface area contributed by atoms with Gasteiger partial charge >= 0.3 is 6.09 Å². The number of hydrogen-bond donors (Lipinski definition) is 3. The summed E-state index contributed by atoms with van der Waals surface area (Å²) in [7, 11) is 0. The number of carbonyl (C=O) groups is 2. The van der Waals surface area contributed by atoms with Crippen molar-refractivity contribution in [3.05, 3.63) is 106 Å². The van der Waals surface area contributed by atoms with Gasteiger partial charge in [-0.1, -0.05) is 42.3 Å². The number of hydrogen-bond acceptors (Lipinski definition) is 6. The Morgan fingerprint density at radius 1 is 1.07 bits per heavy atom. The topological polar surface area (TPSA) is 116 Å². The van der Waals surface area contributed by atoms with Crippen LogP contribution in [0.1, 0.15) is 54.1 Å². The molecule has 0 fully saturated rings. The average molecular weight is 566 g/mol. The quantitative estimate of drug-likeness (QED) is 0.250. The van der Waals surface area contributed by atoms with E-state index in [9.17, 15) is 14.4 Å². The second-order valence-electron chi connectivity index (χ2n) is 10.9. The zero-order valence-corrected chi connectivity index (χ0v) is 24.2. The molecular formula is C33H35N5O4. The summed E-state index contributed by atoms with van der Waals surface area (Å²) in [6.07, 6.45) is 5.09. The Morgan fingerprint density at radius 3 is 2.45 bits per heavy atom. The van der Waals surface area contributed by atoms with Crippen LogP contribution >= 0.6 is 0 Å². The molecule has 1 aromatic heterocycles. The van der Waals surface area contributed by atoms with Crippen molar-refractivity contribution in [2.45, 2.75) is 45.9 Å². The first-order valence-corrected chi connectivity index (χ1v) is 13.6. The van der Waals surface area contributed by atoms with Gasteiger partial charge in [0, 0.05) is 24.3 Å².